The van der Waals surface area contributed by atoms with Gasteiger partial charge in [-0.1, -0.05) is 55.0 Å². The summed E-state index contributed by atoms with van der Waals surface area (Å²) in [6.45, 7) is 2.17. The maximum absolute atomic E-state index is 12.6. The van der Waals surface area contributed by atoms with E-state index in [2.05, 4.69) is 26.6 Å². The summed E-state index contributed by atoms with van der Waals surface area (Å²) in [6.07, 6.45) is 3.82. The Morgan fingerprint density at radius 2 is 1.48 bits per heavy atom. The molecule has 0 radical (unpaired) electrons. The number of alkyl carbamates (subject to hydrolysis) is 1. The van der Waals surface area contributed by atoms with Crippen LogP contribution in [-0.2, 0) is 28.6 Å². The molecule has 2 saturated heterocycles. The maximum Gasteiger partial charge on any atom is 0.407 e. The molecule has 5 amide bonds. The third-order valence-corrected chi connectivity index (χ3v) is 11.2. The van der Waals surface area contributed by atoms with Crippen molar-refractivity contribution in [1.29, 1.82) is 0 Å². The molecular weight excluding hydrogens is 717 g/mol. The highest BCUT2D eigenvalue weighted by molar-refractivity contribution is 8.00. The number of amides is 5. The van der Waals surface area contributed by atoms with Gasteiger partial charge in [-0.2, -0.15) is 11.8 Å². The quantitative estimate of drug-likeness (QED) is 0.0637. The molecule has 2 aromatic rings. The van der Waals surface area contributed by atoms with Gasteiger partial charge < -0.3 is 52.1 Å². The van der Waals surface area contributed by atoms with Gasteiger partial charge in [0, 0.05) is 42.9 Å². The van der Waals surface area contributed by atoms with E-state index < -0.39 is 18.1 Å². The predicted molar refractivity (Wildman–Crippen MR) is 205 cm³/mol. The first-order valence-electron chi connectivity index (χ1n) is 18.5. The molecule has 54 heavy (non-hydrogen) atoms. The van der Waals surface area contributed by atoms with E-state index >= 15 is 0 Å². The molecule has 3 aliphatic rings. The van der Waals surface area contributed by atoms with Crippen molar-refractivity contribution in [2.75, 3.05) is 51.9 Å². The highest BCUT2D eigenvalue weighted by atomic mass is 32.2. The van der Waals surface area contributed by atoms with E-state index in [4.69, 9.17) is 14.2 Å². The van der Waals surface area contributed by atoms with Gasteiger partial charge in [0.2, 0.25) is 11.8 Å². The van der Waals surface area contributed by atoms with Crippen molar-refractivity contribution < 1.29 is 43.3 Å². The van der Waals surface area contributed by atoms with E-state index in [1.54, 1.807) is 0 Å². The SMILES string of the molecule is N.O=C(CCCCC1SCC2NC(=O)NC21)NCCOCCOCCC(=O)NCCCCC(NC(=O)OCC1c2ccccc2-c2ccccc21)C(=O)O. The first kappa shape index (κ1) is 42.4. The minimum atomic E-state index is -1.15. The fourth-order valence-corrected chi connectivity index (χ4v) is 8.48. The van der Waals surface area contributed by atoms with Gasteiger partial charge in [-0.3, -0.25) is 9.59 Å². The van der Waals surface area contributed by atoms with Gasteiger partial charge in [0.25, 0.3) is 0 Å². The van der Waals surface area contributed by atoms with E-state index in [0.29, 0.717) is 57.4 Å². The van der Waals surface area contributed by atoms with Gasteiger partial charge in [-0.05, 0) is 54.4 Å². The molecule has 0 bridgehead atoms. The number of carbonyl (C=O) groups is 5. The highest BCUT2D eigenvalue weighted by Crippen LogP contribution is 2.44. The molecule has 2 fully saturated rings. The lowest BCUT2D eigenvalue weighted by molar-refractivity contribution is -0.139. The summed E-state index contributed by atoms with van der Waals surface area (Å²) in [7, 11) is 0. The molecule has 296 valence electrons. The highest BCUT2D eigenvalue weighted by Gasteiger charge is 2.42. The molecule has 2 heterocycles. The molecule has 0 spiro atoms. The number of carboxylic acid groups (broad SMARTS) is 1. The van der Waals surface area contributed by atoms with E-state index in [1.165, 1.54) is 0 Å². The molecule has 4 atom stereocenters. The standard InChI is InChI=1S/C38H51N5O9S.H3N/c44-33(15-6-5-14-32-35-31(24-53-32)41-37(48)43-35)40-18-20-51-22-21-50-19-16-34(45)39-17-8-7-13-30(36(46)47)42-38(49)52-23-29-27-11-3-1-9-25(27)26-10-2-4-12-28(26)29;/h1-4,9-12,29-32,35H,5-8,13-24H2,(H,39,45)(H,40,44)(H,42,49)(H,46,47)(H2,41,43,48);1H3. The minimum Gasteiger partial charge on any atom is -0.480 e. The Morgan fingerprint density at radius 1 is 0.815 bits per heavy atom. The monoisotopic (exact) mass is 770 g/mol. The second-order valence-electron chi connectivity index (χ2n) is 13.4. The van der Waals surface area contributed by atoms with Crippen LogP contribution in [0, 0.1) is 0 Å². The maximum atomic E-state index is 12.6. The van der Waals surface area contributed by atoms with Crippen LogP contribution in [0.1, 0.15) is 68.4 Å². The summed E-state index contributed by atoms with van der Waals surface area (Å²) >= 11 is 1.88. The Hall–Kier alpha value is -4.38. The molecule has 16 heteroatoms. The molecule has 0 saturated carbocycles. The summed E-state index contributed by atoms with van der Waals surface area (Å²) in [5.41, 5.74) is 4.36. The van der Waals surface area contributed by atoms with Crippen LogP contribution >= 0.6 is 11.8 Å². The van der Waals surface area contributed by atoms with Gasteiger partial charge in [0.1, 0.15) is 12.6 Å². The van der Waals surface area contributed by atoms with E-state index in [0.717, 1.165) is 47.3 Å². The predicted octanol–water partition coefficient (Wildman–Crippen LogP) is 3.69. The fraction of sp³-hybridized carbons (Fsp3) is 0.553. The number of aliphatic carboxylic acids is 1. The van der Waals surface area contributed by atoms with Crippen molar-refractivity contribution in [2.24, 2.45) is 0 Å². The summed E-state index contributed by atoms with van der Waals surface area (Å²) in [6, 6.07) is 15.2. The lowest BCUT2D eigenvalue weighted by atomic mass is 9.98. The molecule has 1 aliphatic carbocycles. The fourth-order valence-electron chi connectivity index (χ4n) is 6.94. The van der Waals surface area contributed by atoms with Crippen LogP contribution in [0.15, 0.2) is 48.5 Å². The van der Waals surface area contributed by atoms with Crippen molar-refractivity contribution >= 4 is 41.7 Å². The Balaban J connectivity index is 0.00000650. The number of nitrogens with one attached hydrogen (secondary N) is 5. The van der Waals surface area contributed by atoms with Crippen LogP contribution in [0.25, 0.3) is 11.1 Å². The Bertz CT molecular complexity index is 1520. The lowest BCUT2D eigenvalue weighted by Crippen LogP contribution is -2.41. The van der Waals surface area contributed by atoms with Crippen LogP contribution in [0.4, 0.5) is 9.59 Å². The number of carbonyl (C=O) groups excluding carboxylic acids is 4. The minimum absolute atomic E-state index is 0. The van der Waals surface area contributed by atoms with Crippen LogP contribution in [0.2, 0.25) is 0 Å². The molecule has 15 nitrogen and oxygen atoms in total. The number of carboxylic acids is 1. The van der Waals surface area contributed by atoms with Crippen molar-refractivity contribution in [3.05, 3.63) is 59.7 Å². The summed E-state index contributed by atoms with van der Waals surface area (Å²) < 4.78 is 16.4. The molecule has 0 aromatic heterocycles. The second-order valence-corrected chi connectivity index (χ2v) is 14.7. The first-order chi connectivity index (χ1) is 25.8. The third kappa shape index (κ3) is 12.6. The largest absolute Gasteiger partial charge is 0.480 e. The molecule has 2 aliphatic heterocycles. The van der Waals surface area contributed by atoms with Gasteiger partial charge in [-0.15, -0.1) is 0 Å². The average molecular weight is 771 g/mol. The second kappa shape index (κ2) is 22.1. The normalized spacial score (nSPS) is 18.6. The average Bonchev–Trinajstić information content (AvgIpc) is 3.81. The van der Waals surface area contributed by atoms with Crippen molar-refractivity contribution in [2.45, 2.75) is 80.7 Å². The van der Waals surface area contributed by atoms with Crippen LogP contribution in [0.5, 0.6) is 0 Å². The topological polar surface area (TPSA) is 228 Å². The third-order valence-electron chi connectivity index (χ3n) is 9.67. The zero-order chi connectivity index (χ0) is 37.4. The number of unbranched alkanes of at least 4 members (excludes halogenated alkanes) is 2. The number of hydrogen-bond acceptors (Lipinski definition) is 10. The Morgan fingerprint density at radius 3 is 2.20 bits per heavy atom. The Kier molecular flexibility index (Phi) is 17.3. The molecule has 5 rings (SSSR count). The number of fused-ring (bicyclic) bond motifs is 4. The zero-order valence-electron chi connectivity index (χ0n) is 30.6. The number of hydrogen-bond donors (Lipinski definition) is 7. The van der Waals surface area contributed by atoms with Crippen molar-refractivity contribution in [1.82, 2.24) is 32.7 Å². The van der Waals surface area contributed by atoms with Gasteiger partial charge in [-0.25, -0.2) is 14.4 Å². The van der Waals surface area contributed by atoms with Gasteiger partial charge >= 0.3 is 18.1 Å². The van der Waals surface area contributed by atoms with Gasteiger partial charge in [0.05, 0.1) is 38.5 Å². The lowest BCUT2D eigenvalue weighted by Gasteiger charge is -2.17. The number of thioether (sulfide) groups is 1. The zero-order valence-corrected chi connectivity index (χ0v) is 31.5. The Labute approximate surface area is 320 Å². The number of urea groups is 1. The van der Waals surface area contributed by atoms with Crippen molar-refractivity contribution in [3.8, 4) is 11.1 Å². The molecule has 4 unspecified atom stereocenters. The number of ether oxygens (including phenoxy) is 3. The van der Waals surface area contributed by atoms with E-state index in [9.17, 15) is 29.1 Å². The first-order valence-corrected chi connectivity index (χ1v) is 19.6. The molecule has 2 aromatic carbocycles. The number of benzene rings is 2. The molecular formula is C38H54N6O9S. The van der Waals surface area contributed by atoms with Crippen LogP contribution < -0.4 is 32.7 Å². The summed E-state index contributed by atoms with van der Waals surface area (Å²) in [5, 5.41) is 24.1. The van der Waals surface area contributed by atoms with Crippen LogP contribution in [-0.4, -0.2) is 110 Å². The summed E-state index contributed by atoms with van der Waals surface area (Å²) in [4.78, 5) is 60.0. The van der Waals surface area contributed by atoms with Crippen molar-refractivity contribution in [3.63, 3.8) is 0 Å². The van der Waals surface area contributed by atoms with E-state index in [-0.39, 0.29) is 68.1 Å². The van der Waals surface area contributed by atoms with Crippen LogP contribution in [0.3, 0.4) is 0 Å². The molecule has 9 N–H and O–H groups in total. The van der Waals surface area contributed by atoms with E-state index in [1.807, 2.05) is 60.3 Å². The summed E-state index contributed by atoms with van der Waals surface area (Å²) in [5.74, 6) is -0.507. The number of rotatable bonds is 23. The smallest absolute Gasteiger partial charge is 0.407 e. The van der Waals surface area contributed by atoms with Gasteiger partial charge in [0.15, 0.2) is 0 Å².